The van der Waals surface area contributed by atoms with Gasteiger partial charge in [0.25, 0.3) is 0 Å². The van der Waals surface area contributed by atoms with Gasteiger partial charge in [0.05, 0.1) is 18.2 Å². The second-order valence-electron chi connectivity index (χ2n) is 8.59. The number of hydrogen-bond donors (Lipinski definition) is 2. The third-order valence-electron chi connectivity index (χ3n) is 6.39. The molecule has 1 aliphatic heterocycles. The van der Waals surface area contributed by atoms with Gasteiger partial charge in [0.15, 0.2) is 11.6 Å². The fourth-order valence-corrected chi connectivity index (χ4v) is 5.19. The van der Waals surface area contributed by atoms with Crippen LogP contribution in [0.3, 0.4) is 0 Å². The first-order chi connectivity index (χ1) is 15.2. The first-order valence-electron chi connectivity index (χ1n) is 11.0. The van der Waals surface area contributed by atoms with Gasteiger partial charge in [-0.3, -0.25) is 9.89 Å². The maximum absolute atomic E-state index is 13.0. The van der Waals surface area contributed by atoms with Crippen LogP contribution in [-0.2, 0) is 24.1 Å². The molecule has 3 aromatic heterocycles. The third kappa shape index (κ3) is 3.69. The van der Waals surface area contributed by atoms with E-state index in [1.807, 2.05) is 0 Å². The second-order valence-corrected chi connectivity index (χ2v) is 9.50. The van der Waals surface area contributed by atoms with Crippen molar-refractivity contribution in [3.63, 3.8) is 0 Å². The summed E-state index contributed by atoms with van der Waals surface area (Å²) in [6, 6.07) is 1.88. The van der Waals surface area contributed by atoms with E-state index in [4.69, 9.17) is 9.97 Å². The third-order valence-corrected chi connectivity index (χ3v) is 7.09. The second kappa shape index (κ2) is 7.67. The van der Waals surface area contributed by atoms with Gasteiger partial charge in [-0.2, -0.15) is 10.1 Å². The Balaban J connectivity index is 1.27. The molecule has 0 bridgehead atoms. The van der Waals surface area contributed by atoms with Gasteiger partial charge in [-0.25, -0.2) is 4.98 Å². The standard InChI is InChI=1S/C21H24N8OS/c30-17(10-19-28-22-11-31-19)16-5-2-8-29(16)21-23-14-4-1-3-13(14)20(25-21)24-18-9-15(26-27-18)12-6-7-12/h9,11-12,16H,1-8,10H2,(H2,23,24,25,26,27). The Morgan fingerprint density at radius 1 is 1.23 bits per heavy atom. The molecule has 160 valence electrons. The van der Waals surface area contributed by atoms with Gasteiger partial charge in [0.2, 0.25) is 5.95 Å². The van der Waals surface area contributed by atoms with Crippen molar-refractivity contribution in [2.45, 2.75) is 63.3 Å². The Labute approximate surface area is 183 Å². The lowest BCUT2D eigenvalue weighted by molar-refractivity contribution is -0.119. The summed E-state index contributed by atoms with van der Waals surface area (Å²) in [7, 11) is 0. The summed E-state index contributed by atoms with van der Waals surface area (Å²) in [4.78, 5) is 24.8. The maximum Gasteiger partial charge on any atom is 0.228 e. The number of aromatic amines is 1. The van der Waals surface area contributed by atoms with E-state index >= 15 is 0 Å². The Morgan fingerprint density at radius 2 is 2.16 bits per heavy atom. The number of rotatable bonds is 7. The lowest BCUT2D eigenvalue weighted by Crippen LogP contribution is -2.38. The van der Waals surface area contributed by atoms with Gasteiger partial charge in [-0.05, 0) is 44.9 Å². The Morgan fingerprint density at radius 3 is 3.00 bits per heavy atom. The Kier molecular flexibility index (Phi) is 4.66. The predicted octanol–water partition coefficient (Wildman–Crippen LogP) is 2.94. The van der Waals surface area contributed by atoms with Crippen LogP contribution in [0.25, 0.3) is 0 Å². The number of aryl methyl sites for hydroxylation is 1. The number of aromatic nitrogens is 6. The summed E-state index contributed by atoms with van der Waals surface area (Å²) >= 11 is 1.42. The summed E-state index contributed by atoms with van der Waals surface area (Å²) in [5.41, 5.74) is 5.12. The first kappa shape index (κ1) is 18.9. The summed E-state index contributed by atoms with van der Waals surface area (Å²) in [5, 5.41) is 19.7. The average molecular weight is 437 g/mol. The van der Waals surface area contributed by atoms with E-state index in [0.29, 0.717) is 18.3 Å². The zero-order valence-electron chi connectivity index (χ0n) is 17.2. The summed E-state index contributed by atoms with van der Waals surface area (Å²) in [6.45, 7) is 0.791. The largest absolute Gasteiger partial charge is 0.331 e. The quantitative estimate of drug-likeness (QED) is 0.581. The maximum atomic E-state index is 13.0. The number of carbonyl (C=O) groups is 1. The van der Waals surface area contributed by atoms with Crippen molar-refractivity contribution < 1.29 is 4.79 Å². The van der Waals surface area contributed by atoms with E-state index < -0.39 is 0 Å². The molecule has 3 aliphatic rings. The van der Waals surface area contributed by atoms with E-state index in [0.717, 1.165) is 61.0 Å². The minimum absolute atomic E-state index is 0.161. The molecule has 2 aliphatic carbocycles. The van der Waals surface area contributed by atoms with E-state index in [2.05, 4.69) is 36.7 Å². The first-order valence-corrected chi connectivity index (χ1v) is 11.9. The molecule has 3 aromatic rings. The number of ketones is 1. The number of carbonyl (C=O) groups excluding carboxylic acids is 1. The molecule has 0 radical (unpaired) electrons. The fraction of sp³-hybridized carbons (Fsp3) is 0.524. The highest BCUT2D eigenvalue weighted by molar-refractivity contribution is 7.09. The number of Topliss-reactive ketones (excluding diaryl/α,β-unsaturated/α-hetero) is 1. The Hall–Kier alpha value is -2.88. The van der Waals surface area contributed by atoms with Crippen LogP contribution in [0.5, 0.6) is 0 Å². The summed E-state index contributed by atoms with van der Waals surface area (Å²) < 4.78 is 0. The highest BCUT2D eigenvalue weighted by Crippen LogP contribution is 2.40. The Bertz CT molecular complexity index is 1110. The number of fused-ring (bicyclic) bond motifs is 1. The molecule has 10 heteroatoms. The molecule has 0 aromatic carbocycles. The monoisotopic (exact) mass is 436 g/mol. The zero-order chi connectivity index (χ0) is 20.8. The van der Waals surface area contributed by atoms with Gasteiger partial charge >= 0.3 is 0 Å². The SMILES string of the molecule is O=C(Cc1nncs1)C1CCCN1c1nc2c(c(Nc3cc(C4CC4)[nH]n3)n1)CCC2. The van der Waals surface area contributed by atoms with Crippen LogP contribution in [0.4, 0.5) is 17.6 Å². The molecule has 2 N–H and O–H groups in total. The van der Waals surface area contributed by atoms with E-state index in [1.165, 1.54) is 35.4 Å². The highest BCUT2D eigenvalue weighted by Gasteiger charge is 2.34. The summed E-state index contributed by atoms with van der Waals surface area (Å²) in [6.07, 6.45) is 7.56. The van der Waals surface area contributed by atoms with Crippen molar-refractivity contribution >= 4 is 34.7 Å². The fourth-order valence-electron chi connectivity index (χ4n) is 4.66. The molecule has 1 saturated carbocycles. The van der Waals surface area contributed by atoms with E-state index in [9.17, 15) is 4.79 Å². The molecular formula is C21H24N8OS. The van der Waals surface area contributed by atoms with Crippen molar-refractivity contribution in [3.05, 3.63) is 33.5 Å². The van der Waals surface area contributed by atoms with Crippen molar-refractivity contribution in [1.29, 1.82) is 0 Å². The number of nitrogens with zero attached hydrogens (tertiary/aromatic N) is 6. The molecule has 0 amide bonds. The topological polar surface area (TPSA) is 113 Å². The van der Waals surface area contributed by atoms with Gasteiger partial charge < -0.3 is 10.2 Å². The van der Waals surface area contributed by atoms with Crippen molar-refractivity contribution in [1.82, 2.24) is 30.4 Å². The molecule has 1 unspecified atom stereocenters. The minimum Gasteiger partial charge on any atom is -0.331 e. The van der Waals surface area contributed by atoms with Crippen LogP contribution in [0.2, 0.25) is 0 Å². The molecule has 1 atom stereocenters. The minimum atomic E-state index is -0.206. The predicted molar refractivity (Wildman–Crippen MR) is 117 cm³/mol. The molecule has 2 fully saturated rings. The van der Waals surface area contributed by atoms with Crippen molar-refractivity contribution in [2.24, 2.45) is 0 Å². The number of anilines is 3. The normalized spacial score (nSPS) is 20.3. The van der Waals surface area contributed by atoms with Crippen LogP contribution >= 0.6 is 11.3 Å². The van der Waals surface area contributed by atoms with Crippen molar-refractivity contribution in [2.75, 3.05) is 16.8 Å². The van der Waals surface area contributed by atoms with E-state index in [1.54, 1.807) is 5.51 Å². The van der Waals surface area contributed by atoms with Gasteiger partial charge in [-0.1, -0.05) is 0 Å². The molecule has 0 spiro atoms. The van der Waals surface area contributed by atoms with Gasteiger partial charge in [0, 0.05) is 29.8 Å². The van der Waals surface area contributed by atoms with Crippen LogP contribution in [0, 0.1) is 0 Å². The number of H-pyrrole nitrogens is 1. The van der Waals surface area contributed by atoms with E-state index in [-0.39, 0.29) is 11.8 Å². The van der Waals surface area contributed by atoms with Crippen molar-refractivity contribution in [3.8, 4) is 0 Å². The molecule has 31 heavy (non-hydrogen) atoms. The van der Waals surface area contributed by atoms with Gasteiger partial charge in [-0.15, -0.1) is 21.5 Å². The molecule has 1 saturated heterocycles. The number of nitrogens with one attached hydrogen (secondary N) is 2. The van der Waals surface area contributed by atoms with Crippen LogP contribution in [-0.4, -0.2) is 48.7 Å². The molecular weight excluding hydrogens is 412 g/mol. The average Bonchev–Trinajstić information content (AvgIpc) is 3.27. The lowest BCUT2D eigenvalue weighted by atomic mass is 10.1. The highest BCUT2D eigenvalue weighted by atomic mass is 32.1. The van der Waals surface area contributed by atoms with Crippen LogP contribution in [0.15, 0.2) is 11.6 Å². The molecule has 6 rings (SSSR count). The number of hydrogen-bond acceptors (Lipinski definition) is 9. The smallest absolute Gasteiger partial charge is 0.228 e. The zero-order valence-corrected chi connectivity index (χ0v) is 18.0. The molecule has 9 nitrogen and oxygen atoms in total. The van der Waals surface area contributed by atoms with Crippen LogP contribution < -0.4 is 10.2 Å². The summed E-state index contributed by atoms with van der Waals surface area (Å²) in [5.74, 6) is 3.06. The molecule has 4 heterocycles. The van der Waals surface area contributed by atoms with Gasteiger partial charge in [0.1, 0.15) is 16.3 Å². The lowest BCUT2D eigenvalue weighted by Gasteiger charge is -2.24. The van der Waals surface area contributed by atoms with Crippen LogP contribution in [0.1, 0.15) is 60.0 Å².